The molecule has 0 aliphatic carbocycles. The van der Waals surface area contributed by atoms with Crippen LogP contribution in [0.3, 0.4) is 0 Å². The fourth-order valence-electron chi connectivity index (χ4n) is 1.87. The second-order valence-corrected chi connectivity index (χ2v) is 5.45. The van der Waals surface area contributed by atoms with Gasteiger partial charge in [-0.3, -0.25) is 4.55 Å². The van der Waals surface area contributed by atoms with E-state index in [-0.39, 0.29) is 17.9 Å². The summed E-state index contributed by atoms with van der Waals surface area (Å²) in [7, 11) is -4.61. The molecule has 2 atom stereocenters. The molecule has 0 amide bonds. The van der Waals surface area contributed by atoms with E-state index in [1.165, 1.54) is 13.0 Å². The Balaban J connectivity index is 2.71. The lowest BCUT2D eigenvalue weighted by molar-refractivity contribution is 0.0125. The SMILES string of the molecule is CC1COc2ccccc2C1(O)S(=O)(=O)O. The number of hydrogen-bond donors (Lipinski definition) is 2. The summed E-state index contributed by atoms with van der Waals surface area (Å²) in [5.74, 6) is -0.460. The Kier molecular flexibility index (Phi) is 2.45. The predicted octanol–water partition coefficient (Wildman–Crippen LogP) is 0.748. The molecular formula is C10H12O5S. The van der Waals surface area contributed by atoms with Crippen molar-refractivity contribution in [3.8, 4) is 5.75 Å². The molecule has 1 heterocycles. The summed E-state index contributed by atoms with van der Waals surface area (Å²) in [6.07, 6.45) is 0. The number of ether oxygens (including phenoxy) is 1. The molecule has 2 unspecified atom stereocenters. The normalized spacial score (nSPS) is 29.3. The van der Waals surface area contributed by atoms with Crippen molar-refractivity contribution in [2.45, 2.75) is 11.9 Å². The highest BCUT2D eigenvalue weighted by atomic mass is 32.2. The van der Waals surface area contributed by atoms with Crippen LogP contribution in [0.5, 0.6) is 5.75 Å². The van der Waals surface area contributed by atoms with Crippen LogP contribution in [0.4, 0.5) is 0 Å². The molecule has 5 nitrogen and oxygen atoms in total. The molecule has 0 radical (unpaired) electrons. The summed E-state index contributed by atoms with van der Waals surface area (Å²) in [6, 6.07) is 6.23. The molecule has 16 heavy (non-hydrogen) atoms. The number of para-hydroxylation sites is 1. The number of fused-ring (bicyclic) bond motifs is 1. The highest BCUT2D eigenvalue weighted by Crippen LogP contribution is 2.43. The van der Waals surface area contributed by atoms with Crippen molar-refractivity contribution in [2.75, 3.05) is 6.61 Å². The van der Waals surface area contributed by atoms with Gasteiger partial charge in [-0.25, -0.2) is 0 Å². The molecule has 0 aromatic heterocycles. The molecule has 2 rings (SSSR count). The highest BCUT2D eigenvalue weighted by Gasteiger charge is 2.51. The molecule has 1 aliphatic rings. The zero-order valence-electron chi connectivity index (χ0n) is 8.62. The Morgan fingerprint density at radius 3 is 2.69 bits per heavy atom. The maximum absolute atomic E-state index is 11.3. The number of benzene rings is 1. The predicted molar refractivity (Wildman–Crippen MR) is 56.5 cm³/mol. The number of hydrogen-bond acceptors (Lipinski definition) is 4. The van der Waals surface area contributed by atoms with E-state index in [2.05, 4.69) is 0 Å². The maximum Gasteiger partial charge on any atom is 0.300 e. The first-order valence-corrected chi connectivity index (χ1v) is 6.23. The topological polar surface area (TPSA) is 83.8 Å². The summed E-state index contributed by atoms with van der Waals surface area (Å²) >= 11 is 0. The fraction of sp³-hybridized carbons (Fsp3) is 0.400. The van der Waals surface area contributed by atoms with Gasteiger partial charge in [-0.15, -0.1) is 0 Å². The largest absolute Gasteiger partial charge is 0.493 e. The van der Waals surface area contributed by atoms with Gasteiger partial charge in [0.05, 0.1) is 6.61 Å². The van der Waals surface area contributed by atoms with Gasteiger partial charge < -0.3 is 9.84 Å². The van der Waals surface area contributed by atoms with Gasteiger partial charge in [-0.1, -0.05) is 25.1 Å². The van der Waals surface area contributed by atoms with Crippen LogP contribution in [0.25, 0.3) is 0 Å². The summed E-state index contributed by atoms with van der Waals surface area (Å²) in [5, 5.41) is 10.2. The molecule has 88 valence electrons. The molecule has 0 saturated carbocycles. The van der Waals surface area contributed by atoms with Gasteiger partial charge >= 0.3 is 0 Å². The van der Waals surface area contributed by atoms with Crippen LogP contribution in [-0.2, 0) is 15.1 Å². The molecule has 1 aromatic rings. The van der Waals surface area contributed by atoms with Gasteiger partial charge in [0, 0.05) is 11.5 Å². The van der Waals surface area contributed by atoms with Crippen LogP contribution in [0.2, 0.25) is 0 Å². The van der Waals surface area contributed by atoms with Crippen molar-refractivity contribution in [1.82, 2.24) is 0 Å². The zero-order chi connectivity index (χ0) is 12.0. The first kappa shape index (κ1) is 11.4. The Morgan fingerprint density at radius 1 is 1.44 bits per heavy atom. The summed E-state index contributed by atoms with van der Waals surface area (Å²) in [6.45, 7) is 1.54. The Hall–Kier alpha value is -1.11. The van der Waals surface area contributed by atoms with Crippen molar-refractivity contribution in [1.29, 1.82) is 0 Å². The smallest absolute Gasteiger partial charge is 0.300 e. The van der Waals surface area contributed by atoms with Gasteiger partial charge in [0.1, 0.15) is 5.75 Å². The molecule has 0 saturated heterocycles. The molecule has 1 aromatic carbocycles. The van der Waals surface area contributed by atoms with Crippen LogP contribution in [0, 0.1) is 5.92 Å². The minimum Gasteiger partial charge on any atom is -0.493 e. The average molecular weight is 244 g/mol. The van der Waals surface area contributed by atoms with Gasteiger partial charge in [-0.2, -0.15) is 8.42 Å². The van der Waals surface area contributed by atoms with Gasteiger partial charge in [0.15, 0.2) is 0 Å². The Morgan fingerprint density at radius 2 is 2.06 bits per heavy atom. The van der Waals surface area contributed by atoms with Crippen molar-refractivity contribution >= 4 is 10.1 Å². The molecule has 1 aliphatic heterocycles. The lowest BCUT2D eigenvalue weighted by atomic mass is 9.94. The Labute approximate surface area is 93.4 Å². The van der Waals surface area contributed by atoms with E-state index in [1.807, 2.05) is 0 Å². The standard InChI is InChI=1S/C10H12O5S/c1-7-6-15-9-5-3-2-4-8(9)10(7,11)16(12,13)14/h2-5,7,11H,6H2,1H3,(H,12,13,14). The van der Waals surface area contributed by atoms with E-state index in [9.17, 15) is 18.1 Å². The maximum atomic E-state index is 11.3. The van der Waals surface area contributed by atoms with Crippen molar-refractivity contribution < 1.29 is 22.8 Å². The molecule has 2 N–H and O–H groups in total. The van der Waals surface area contributed by atoms with E-state index in [0.29, 0.717) is 0 Å². The minimum absolute atomic E-state index is 0.0350. The zero-order valence-corrected chi connectivity index (χ0v) is 9.44. The second-order valence-electron chi connectivity index (χ2n) is 3.88. The van der Waals surface area contributed by atoms with Crippen LogP contribution in [-0.4, -0.2) is 24.7 Å². The van der Waals surface area contributed by atoms with Crippen molar-refractivity contribution in [2.24, 2.45) is 5.92 Å². The average Bonchev–Trinajstić information content (AvgIpc) is 2.22. The Bertz CT molecular complexity index is 510. The quantitative estimate of drug-likeness (QED) is 0.712. The third kappa shape index (κ3) is 1.41. The summed E-state index contributed by atoms with van der Waals surface area (Å²) in [5.41, 5.74) is 0.0799. The van der Waals surface area contributed by atoms with Crippen molar-refractivity contribution in [3.63, 3.8) is 0 Å². The third-order valence-corrected chi connectivity index (χ3v) is 4.23. The molecule has 0 fully saturated rings. The van der Waals surface area contributed by atoms with Crippen LogP contribution in [0.15, 0.2) is 24.3 Å². The first-order chi connectivity index (χ1) is 7.37. The van der Waals surface area contributed by atoms with E-state index in [4.69, 9.17) is 4.74 Å². The first-order valence-electron chi connectivity index (χ1n) is 4.79. The van der Waals surface area contributed by atoms with Crippen LogP contribution in [0.1, 0.15) is 12.5 Å². The molecule has 6 heteroatoms. The lowest BCUT2D eigenvalue weighted by Gasteiger charge is -2.36. The van der Waals surface area contributed by atoms with Crippen LogP contribution >= 0.6 is 0 Å². The monoisotopic (exact) mass is 244 g/mol. The van der Waals surface area contributed by atoms with Gasteiger partial charge in [0.25, 0.3) is 10.1 Å². The number of aliphatic hydroxyl groups is 1. The molecular weight excluding hydrogens is 232 g/mol. The second kappa shape index (κ2) is 3.44. The lowest BCUT2D eigenvalue weighted by Crippen LogP contribution is -2.46. The number of rotatable bonds is 1. The van der Waals surface area contributed by atoms with Gasteiger partial charge in [-0.05, 0) is 6.07 Å². The van der Waals surface area contributed by atoms with E-state index < -0.39 is 21.0 Å². The third-order valence-electron chi connectivity index (χ3n) is 2.82. The van der Waals surface area contributed by atoms with Crippen molar-refractivity contribution in [3.05, 3.63) is 29.8 Å². The molecule has 0 spiro atoms. The highest BCUT2D eigenvalue weighted by molar-refractivity contribution is 7.86. The summed E-state index contributed by atoms with van der Waals surface area (Å²) in [4.78, 5) is -2.29. The van der Waals surface area contributed by atoms with E-state index in [0.717, 1.165) is 0 Å². The van der Waals surface area contributed by atoms with Crippen LogP contribution < -0.4 is 4.74 Å². The molecule has 0 bridgehead atoms. The summed E-state index contributed by atoms with van der Waals surface area (Å²) < 4.78 is 37.1. The van der Waals surface area contributed by atoms with E-state index >= 15 is 0 Å². The minimum atomic E-state index is -4.61. The van der Waals surface area contributed by atoms with Gasteiger partial charge in [0.2, 0.25) is 4.93 Å². The van der Waals surface area contributed by atoms with E-state index in [1.54, 1.807) is 18.2 Å². The fourth-order valence-corrected chi connectivity index (χ4v) is 2.90.